The lowest BCUT2D eigenvalue weighted by Crippen LogP contribution is -2.40. The monoisotopic (exact) mass is 835 g/mol. The Labute approximate surface area is 361 Å². The molecule has 1 fully saturated rings. The molecule has 3 amide bonds. The van der Waals surface area contributed by atoms with Gasteiger partial charge in [0.1, 0.15) is 11.9 Å². The van der Waals surface area contributed by atoms with E-state index in [4.69, 9.17) is 4.74 Å². The number of ether oxygens (including phenoxy) is 1. The summed E-state index contributed by atoms with van der Waals surface area (Å²) in [7, 11) is 1.72. The third kappa shape index (κ3) is 11.1. The number of aliphatic hydroxyl groups excluding tert-OH is 1. The van der Waals surface area contributed by atoms with E-state index in [1.54, 1.807) is 42.3 Å². The molecule has 0 radical (unpaired) electrons. The van der Waals surface area contributed by atoms with Crippen molar-refractivity contribution in [1.82, 2.24) is 9.88 Å². The molecule has 7 rings (SSSR count). The lowest BCUT2D eigenvalue weighted by atomic mass is 9.92. The number of anilines is 3. The van der Waals surface area contributed by atoms with Gasteiger partial charge in [0.15, 0.2) is 0 Å². The molecular formula is C50H53N5O7. The van der Waals surface area contributed by atoms with Gasteiger partial charge in [-0.2, -0.15) is 0 Å². The maximum absolute atomic E-state index is 13.3. The van der Waals surface area contributed by atoms with Crippen molar-refractivity contribution in [2.24, 2.45) is 5.92 Å². The molecule has 0 bridgehead atoms. The van der Waals surface area contributed by atoms with Crippen molar-refractivity contribution >= 4 is 45.9 Å². The van der Waals surface area contributed by atoms with Crippen molar-refractivity contribution in [3.8, 4) is 16.9 Å². The van der Waals surface area contributed by atoms with Gasteiger partial charge >= 0.3 is 6.09 Å². The van der Waals surface area contributed by atoms with Crippen LogP contribution in [0.5, 0.6) is 5.75 Å². The Morgan fingerprint density at radius 3 is 2.37 bits per heavy atom. The number of nitrogens with zero attached hydrogens (tertiary/aromatic N) is 2. The zero-order valence-electron chi connectivity index (χ0n) is 35.1. The molecule has 1 saturated heterocycles. The van der Waals surface area contributed by atoms with Gasteiger partial charge < -0.3 is 35.1 Å². The number of aromatic hydroxyl groups is 1. The van der Waals surface area contributed by atoms with E-state index >= 15 is 0 Å². The highest BCUT2D eigenvalue weighted by Gasteiger charge is 2.24. The van der Waals surface area contributed by atoms with E-state index in [1.165, 1.54) is 12.1 Å². The van der Waals surface area contributed by atoms with Gasteiger partial charge in [-0.05, 0) is 103 Å². The van der Waals surface area contributed by atoms with Crippen LogP contribution in [0, 0.1) is 5.92 Å². The molecule has 0 aliphatic carbocycles. The first kappa shape index (κ1) is 43.3. The van der Waals surface area contributed by atoms with Crippen molar-refractivity contribution in [3.05, 3.63) is 154 Å². The number of fused-ring (bicyclic) bond motifs is 1. The number of amides is 3. The van der Waals surface area contributed by atoms with E-state index in [-0.39, 0.29) is 35.1 Å². The number of piperidine rings is 1. The van der Waals surface area contributed by atoms with Crippen molar-refractivity contribution in [2.75, 3.05) is 42.2 Å². The normalized spacial score (nSPS) is 14.2. The Morgan fingerprint density at radius 2 is 1.60 bits per heavy atom. The quantitative estimate of drug-likeness (QED) is 0.0685. The number of hydrogen-bond donors (Lipinski definition) is 5. The summed E-state index contributed by atoms with van der Waals surface area (Å²) in [5.41, 5.74) is 6.08. The summed E-state index contributed by atoms with van der Waals surface area (Å²) in [5, 5.41) is 27.7. The molecule has 0 spiro atoms. The van der Waals surface area contributed by atoms with Gasteiger partial charge in [0.2, 0.25) is 11.5 Å². The first-order valence-electron chi connectivity index (χ1n) is 21.1. The molecule has 2 heterocycles. The molecule has 12 heteroatoms. The van der Waals surface area contributed by atoms with Crippen molar-refractivity contribution in [2.45, 2.75) is 57.7 Å². The second-order valence-corrected chi connectivity index (χ2v) is 16.1. The highest BCUT2D eigenvalue weighted by molar-refractivity contribution is 6.05. The summed E-state index contributed by atoms with van der Waals surface area (Å²) in [6.45, 7) is 4.12. The molecule has 12 nitrogen and oxygen atoms in total. The SMILES string of the molecule is C[C@@H](CC[C@H](O)c1ccc(O)c2[nH]c(=O)ccc12)Cc1ccc(NC(=O)c2cccc(N(C)C(=O)CCN3CCC(OC(=O)Nc4ccccc4-c4ccccc4)CC3)c2)cc1. The number of rotatable bonds is 15. The minimum absolute atomic E-state index is 0.0372. The largest absolute Gasteiger partial charge is 0.506 e. The fraction of sp³-hybridized carbons (Fsp3) is 0.280. The lowest BCUT2D eigenvalue weighted by molar-refractivity contribution is -0.118. The number of para-hydroxylation sites is 1. The Balaban J connectivity index is 0.827. The van der Waals surface area contributed by atoms with Crippen molar-refractivity contribution in [1.29, 1.82) is 0 Å². The molecule has 320 valence electrons. The number of carbonyl (C=O) groups is 3. The van der Waals surface area contributed by atoms with Crippen LogP contribution in [0.1, 0.15) is 66.6 Å². The molecular weight excluding hydrogens is 783 g/mol. The number of phenolic OH excluding ortho intramolecular Hbond substituents is 1. The molecule has 6 aromatic rings. The average molecular weight is 836 g/mol. The smallest absolute Gasteiger partial charge is 0.411 e. The van der Waals surface area contributed by atoms with Crippen LogP contribution in [0.3, 0.4) is 0 Å². The van der Waals surface area contributed by atoms with E-state index in [0.717, 1.165) is 29.5 Å². The number of nitrogens with one attached hydrogen (secondary N) is 3. The molecule has 0 unspecified atom stereocenters. The van der Waals surface area contributed by atoms with Crippen molar-refractivity contribution in [3.63, 3.8) is 0 Å². The Bertz CT molecular complexity index is 2550. The number of hydrogen-bond acceptors (Lipinski definition) is 8. The summed E-state index contributed by atoms with van der Waals surface area (Å²) in [6, 6.07) is 38.4. The van der Waals surface area contributed by atoms with Gasteiger partial charge in [-0.15, -0.1) is 0 Å². The summed E-state index contributed by atoms with van der Waals surface area (Å²) < 4.78 is 5.78. The summed E-state index contributed by atoms with van der Waals surface area (Å²) in [4.78, 5) is 57.6. The molecule has 5 aromatic carbocycles. The maximum Gasteiger partial charge on any atom is 0.411 e. The van der Waals surface area contributed by atoms with Crippen LogP contribution in [-0.4, -0.2) is 70.8 Å². The average Bonchev–Trinajstić information content (AvgIpc) is 3.29. The number of aromatic amines is 1. The fourth-order valence-corrected chi connectivity index (χ4v) is 8.00. The molecule has 0 saturated carbocycles. The van der Waals surface area contributed by atoms with Crippen LogP contribution >= 0.6 is 0 Å². The molecule has 2 atom stereocenters. The number of aliphatic hydroxyl groups is 1. The third-order valence-corrected chi connectivity index (χ3v) is 11.6. The van der Waals surface area contributed by atoms with Gasteiger partial charge in [0, 0.05) is 67.1 Å². The number of carbonyl (C=O) groups excluding carboxylic acids is 3. The highest BCUT2D eigenvalue weighted by Crippen LogP contribution is 2.32. The second-order valence-electron chi connectivity index (χ2n) is 16.1. The third-order valence-electron chi connectivity index (χ3n) is 11.6. The van der Waals surface area contributed by atoms with Crippen LogP contribution < -0.4 is 21.1 Å². The number of phenols is 1. The minimum atomic E-state index is -0.755. The topological polar surface area (TPSA) is 164 Å². The van der Waals surface area contributed by atoms with E-state index in [1.807, 2.05) is 84.9 Å². The second kappa shape index (κ2) is 20.2. The lowest BCUT2D eigenvalue weighted by Gasteiger charge is -2.31. The van der Waals surface area contributed by atoms with Crippen LogP contribution in [0.25, 0.3) is 22.0 Å². The first-order valence-corrected chi connectivity index (χ1v) is 21.1. The number of pyridine rings is 1. The highest BCUT2D eigenvalue weighted by atomic mass is 16.6. The van der Waals surface area contributed by atoms with Gasteiger partial charge in [-0.3, -0.25) is 19.7 Å². The van der Waals surface area contributed by atoms with Crippen molar-refractivity contribution < 1.29 is 29.3 Å². The van der Waals surface area contributed by atoms with Crippen LogP contribution in [0.15, 0.2) is 132 Å². The summed E-state index contributed by atoms with van der Waals surface area (Å²) in [5.74, 6) is -0.127. The van der Waals surface area contributed by atoms with Crippen LogP contribution in [0.4, 0.5) is 21.9 Å². The van der Waals surface area contributed by atoms with Crippen LogP contribution in [0.2, 0.25) is 0 Å². The standard InChI is InChI=1S/C50H53N5O7/c1-33(15-22-44(56)41-20-23-45(57)48-42(41)21-24-46(58)53-48)31-34-16-18-37(19-17-34)51-49(60)36-11-8-12-38(32-36)54(2)47(59)27-30-55-28-25-39(26-29-55)62-50(61)52-43-14-7-6-13-40(43)35-9-4-3-5-10-35/h3-14,16-21,23-24,32-33,39,44,56-57H,15,22,25-31H2,1-2H3,(H,51,60)(H,52,61)(H,53,58)/t33-,44-/m0/s1. The van der Waals surface area contributed by atoms with E-state index in [0.29, 0.717) is 84.4 Å². The van der Waals surface area contributed by atoms with E-state index in [9.17, 15) is 29.4 Å². The van der Waals surface area contributed by atoms with E-state index in [2.05, 4.69) is 27.4 Å². The molecule has 1 aliphatic rings. The number of benzene rings is 5. The van der Waals surface area contributed by atoms with E-state index < -0.39 is 12.2 Å². The number of likely N-dealkylation sites (tertiary alicyclic amines) is 1. The predicted octanol–water partition coefficient (Wildman–Crippen LogP) is 8.91. The predicted molar refractivity (Wildman–Crippen MR) is 244 cm³/mol. The molecule has 62 heavy (non-hydrogen) atoms. The summed E-state index contributed by atoms with van der Waals surface area (Å²) in [6.07, 6.45) is 2.26. The first-order chi connectivity index (χ1) is 30.0. The number of H-pyrrole nitrogens is 1. The zero-order chi connectivity index (χ0) is 43.6. The van der Waals surface area contributed by atoms with Gasteiger partial charge in [0.25, 0.3) is 5.91 Å². The Kier molecular flexibility index (Phi) is 14.1. The maximum atomic E-state index is 13.3. The van der Waals surface area contributed by atoms with Gasteiger partial charge in [-0.25, -0.2) is 4.79 Å². The molecule has 1 aliphatic heterocycles. The fourth-order valence-electron chi connectivity index (χ4n) is 8.00. The zero-order valence-corrected chi connectivity index (χ0v) is 35.1. The summed E-state index contributed by atoms with van der Waals surface area (Å²) >= 11 is 0. The minimum Gasteiger partial charge on any atom is -0.506 e. The Hall–Kier alpha value is -6.76. The van der Waals surface area contributed by atoms with Crippen LogP contribution in [-0.2, 0) is 16.0 Å². The number of aromatic nitrogens is 1. The Morgan fingerprint density at radius 1 is 0.855 bits per heavy atom. The van der Waals surface area contributed by atoms with Gasteiger partial charge in [-0.1, -0.05) is 79.7 Å². The molecule has 1 aromatic heterocycles. The van der Waals surface area contributed by atoms with Gasteiger partial charge in [0.05, 0.1) is 17.3 Å². The molecule has 5 N–H and O–H groups in total.